The third kappa shape index (κ3) is 2.27. The molecule has 1 N–H and O–H groups in total. The molecule has 92 valence electrons. The van der Waals surface area contributed by atoms with Gasteiger partial charge in [-0.15, -0.1) is 5.10 Å². The maximum Gasteiger partial charge on any atom is 0.328 e. The van der Waals surface area contributed by atoms with E-state index in [-0.39, 0.29) is 0 Å². The number of carbonyl (C=O) groups is 1. The van der Waals surface area contributed by atoms with Crippen LogP contribution in [-0.4, -0.2) is 31.3 Å². The quantitative estimate of drug-likeness (QED) is 0.825. The van der Waals surface area contributed by atoms with Gasteiger partial charge in [-0.2, -0.15) is 4.68 Å². The summed E-state index contributed by atoms with van der Waals surface area (Å²) in [6, 6.07) is 5.79. The van der Waals surface area contributed by atoms with Gasteiger partial charge in [-0.25, -0.2) is 4.79 Å². The molecule has 0 aliphatic carbocycles. The second-order valence-electron chi connectivity index (χ2n) is 3.84. The highest BCUT2D eigenvalue weighted by Crippen LogP contribution is 2.17. The van der Waals surface area contributed by atoms with E-state index in [9.17, 15) is 4.79 Å². The second-order valence-corrected chi connectivity index (χ2v) is 3.84. The fourth-order valence-electron chi connectivity index (χ4n) is 1.58. The van der Waals surface area contributed by atoms with Crippen molar-refractivity contribution in [1.82, 2.24) is 20.2 Å². The Morgan fingerprint density at radius 2 is 2.17 bits per heavy atom. The van der Waals surface area contributed by atoms with Gasteiger partial charge in [-0.05, 0) is 47.5 Å². The summed E-state index contributed by atoms with van der Waals surface area (Å²) in [6.07, 6.45) is 2.37. The van der Waals surface area contributed by atoms with Crippen molar-refractivity contribution < 1.29 is 9.90 Å². The molecule has 1 aromatic heterocycles. The SMILES string of the molecule is Cc1cccc(-n2nnnc2/C=C/C(=O)O)c1C. The van der Waals surface area contributed by atoms with Crippen molar-refractivity contribution in [3.8, 4) is 5.69 Å². The van der Waals surface area contributed by atoms with Gasteiger partial charge in [0.2, 0.25) is 0 Å². The zero-order valence-corrected chi connectivity index (χ0v) is 10.0. The van der Waals surface area contributed by atoms with Crippen molar-refractivity contribution in [2.45, 2.75) is 13.8 Å². The molecular formula is C12H12N4O2. The molecule has 0 amide bonds. The largest absolute Gasteiger partial charge is 0.478 e. The van der Waals surface area contributed by atoms with E-state index in [0.717, 1.165) is 22.9 Å². The van der Waals surface area contributed by atoms with Crippen LogP contribution in [-0.2, 0) is 4.79 Å². The van der Waals surface area contributed by atoms with E-state index >= 15 is 0 Å². The average molecular weight is 244 g/mol. The van der Waals surface area contributed by atoms with Crippen molar-refractivity contribution in [2.24, 2.45) is 0 Å². The minimum Gasteiger partial charge on any atom is -0.478 e. The predicted octanol–water partition coefficient (Wildman–Crippen LogP) is 1.38. The molecule has 0 spiro atoms. The predicted molar refractivity (Wildman–Crippen MR) is 65.3 cm³/mol. The van der Waals surface area contributed by atoms with Crippen LogP contribution in [0.2, 0.25) is 0 Å². The monoisotopic (exact) mass is 244 g/mol. The lowest BCUT2D eigenvalue weighted by Crippen LogP contribution is -2.03. The maximum absolute atomic E-state index is 10.5. The number of carboxylic acids is 1. The molecule has 0 saturated heterocycles. The summed E-state index contributed by atoms with van der Waals surface area (Å²) in [4.78, 5) is 10.5. The van der Waals surface area contributed by atoms with Crippen LogP contribution in [0, 0.1) is 13.8 Å². The molecule has 0 aliphatic heterocycles. The number of nitrogens with zero attached hydrogens (tertiary/aromatic N) is 4. The maximum atomic E-state index is 10.5. The molecule has 6 heteroatoms. The topological polar surface area (TPSA) is 80.9 Å². The van der Waals surface area contributed by atoms with Crippen molar-refractivity contribution in [2.75, 3.05) is 0 Å². The van der Waals surface area contributed by atoms with E-state index in [1.165, 1.54) is 10.8 Å². The minimum atomic E-state index is -1.04. The van der Waals surface area contributed by atoms with Gasteiger partial charge in [0.1, 0.15) is 0 Å². The summed E-state index contributed by atoms with van der Waals surface area (Å²) in [5.74, 6) is -0.656. The van der Waals surface area contributed by atoms with Crippen LogP contribution < -0.4 is 0 Å². The van der Waals surface area contributed by atoms with Crippen LogP contribution in [0.25, 0.3) is 11.8 Å². The Morgan fingerprint density at radius 1 is 1.39 bits per heavy atom. The standard InChI is InChI=1S/C12H12N4O2/c1-8-4-3-5-10(9(8)2)16-11(13-14-15-16)6-7-12(17)18/h3-7H,1-2H3,(H,17,18)/b7-6+. The highest BCUT2D eigenvalue weighted by Gasteiger charge is 2.09. The third-order valence-corrected chi connectivity index (χ3v) is 2.67. The Balaban J connectivity index is 2.49. The summed E-state index contributed by atoms with van der Waals surface area (Å²) < 4.78 is 1.52. The molecule has 0 bridgehead atoms. The number of hydrogen-bond donors (Lipinski definition) is 1. The zero-order valence-electron chi connectivity index (χ0n) is 10.0. The Labute approximate surface area is 104 Å². The van der Waals surface area contributed by atoms with Gasteiger partial charge in [0.15, 0.2) is 5.82 Å². The number of benzene rings is 1. The van der Waals surface area contributed by atoms with Gasteiger partial charge in [-0.3, -0.25) is 0 Å². The van der Waals surface area contributed by atoms with Crippen molar-refractivity contribution >= 4 is 12.0 Å². The summed E-state index contributed by atoms with van der Waals surface area (Å²) >= 11 is 0. The number of carboxylic acid groups (broad SMARTS) is 1. The fraction of sp³-hybridized carbons (Fsp3) is 0.167. The summed E-state index contributed by atoms with van der Waals surface area (Å²) in [5.41, 5.74) is 3.01. The first-order chi connectivity index (χ1) is 8.59. The van der Waals surface area contributed by atoms with Crippen molar-refractivity contribution in [3.63, 3.8) is 0 Å². The van der Waals surface area contributed by atoms with Gasteiger partial charge in [0.25, 0.3) is 0 Å². The highest BCUT2D eigenvalue weighted by molar-refractivity contribution is 5.84. The molecule has 0 saturated carbocycles. The van der Waals surface area contributed by atoms with Gasteiger partial charge in [-0.1, -0.05) is 12.1 Å². The lowest BCUT2D eigenvalue weighted by Gasteiger charge is -2.08. The van der Waals surface area contributed by atoms with E-state index < -0.39 is 5.97 Å². The van der Waals surface area contributed by atoms with E-state index in [2.05, 4.69) is 15.5 Å². The molecule has 0 fully saturated rings. The molecule has 0 unspecified atom stereocenters. The number of aryl methyl sites for hydroxylation is 1. The van der Waals surface area contributed by atoms with Crippen LogP contribution in [0.3, 0.4) is 0 Å². The third-order valence-electron chi connectivity index (χ3n) is 2.67. The molecule has 6 nitrogen and oxygen atoms in total. The molecule has 0 atom stereocenters. The number of rotatable bonds is 3. The van der Waals surface area contributed by atoms with Gasteiger partial charge >= 0.3 is 5.97 Å². The van der Waals surface area contributed by atoms with Gasteiger partial charge in [0, 0.05) is 6.08 Å². The molecule has 2 rings (SSSR count). The Hall–Kier alpha value is -2.50. The van der Waals surface area contributed by atoms with Crippen LogP contribution in [0.1, 0.15) is 17.0 Å². The smallest absolute Gasteiger partial charge is 0.328 e. The summed E-state index contributed by atoms with van der Waals surface area (Å²) in [5, 5.41) is 19.8. The van der Waals surface area contributed by atoms with Crippen LogP contribution in [0.4, 0.5) is 0 Å². The van der Waals surface area contributed by atoms with E-state index in [4.69, 9.17) is 5.11 Å². The highest BCUT2D eigenvalue weighted by atomic mass is 16.4. The van der Waals surface area contributed by atoms with Crippen LogP contribution in [0.15, 0.2) is 24.3 Å². The number of aromatic nitrogens is 4. The number of aliphatic carboxylic acids is 1. The molecular weight excluding hydrogens is 232 g/mol. The summed E-state index contributed by atoms with van der Waals surface area (Å²) in [6.45, 7) is 3.97. The minimum absolute atomic E-state index is 0.381. The van der Waals surface area contributed by atoms with E-state index in [0.29, 0.717) is 5.82 Å². The Morgan fingerprint density at radius 3 is 2.89 bits per heavy atom. The fourth-order valence-corrected chi connectivity index (χ4v) is 1.58. The first-order valence-corrected chi connectivity index (χ1v) is 5.35. The zero-order chi connectivity index (χ0) is 13.1. The lowest BCUT2D eigenvalue weighted by atomic mass is 10.1. The number of hydrogen-bond acceptors (Lipinski definition) is 4. The Kier molecular flexibility index (Phi) is 3.18. The molecule has 1 heterocycles. The average Bonchev–Trinajstić information content (AvgIpc) is 2.78. The second kappa shape index (κ2) is 4.79. The van der Waals surface area contributed by atoms with Gasteiger partial charge < -0.3 is 5.11 Å². The molecule has 0 radical (unpaired) electrons. The van der Waals surface area contributed by atoms with Gasteiger partial charge in [0.05, 0.1) is 5.69 Å². The molecule has 18 heavy (non-hydrogen) atoms. The van der Waals surface area contributed by atoms with Crippen molar-refractivity contribution in [3.05, 3.63) is 41.2 Å². The normalized spacial score (nSPS) is 11.0. The van der Waals surface area contributed by atoms with Crippen molar-refractivity contribution in [1.29, 1.82) is 0 Å². The molecule has 0 aliphatic rings. The van der Waals surface area contributed by atoms with E-state index in [1.54, 1.807) is 0 Å². The van der Waals surface area contributed by atoms with Crippen LogP contribution in [0.5, 0.6) is 0 Å². The first-order valence-electron chi connectivity index (χ1n) is 5.35. The van der Waals surface area contributed by atoms with E-state index in [1.807, 2.05) is 32.0 Å². The Bertz CT molecular complexity index is 616. The number of tetrazole rings is 1. The van der Waals surface area contributed by atoms with Crippen LogP contribution >= 0.6 is 0 Å². The summed E-state index contributed by atoms with van der Waals surface area (Å²) in [7, 11) is 0. The first kappa shape index (κ1) is 12.0. The molecule has 1 aromatic carbocycles. The molecule has 2 aromatic rings. The lowest BCUT2D eigenvalue weighted by molar-refractivity contribution is -0.131.